The number of aliphatic hydroxyl groups is 1. The van der Waals surface area contributed by atoms with Crippen molar-refractivity contribution in [2.45, 2.75) is 51.0 Å². The lowest BCUT2D eigenvalue weighted by atomic mass is 10.1. The minimum atomic E-state index is -0.833. The first-order valence-electron chi connectivity index (χ1n) is 8.04. The first kappa shape index (κ1) is 18.7. The molecule has 0 bridgehead atoms. The van der Waals surface area contributed by atoms with E-state index in [1.165, 1.54) is 0 Å². The second-order valence-electron chi connectivity index (χ2n) is 6.83. The normalized spacial score (nSPS) is 23.0. The van der Waals surface area contributed by atoms with E-state index in [1.807, 2.05) is 6.07 Å². The zero-order valence-electron chi connectivity index (χ0n) is 14.5. The monoisotopic (exact) mass is 346 g/mol. The summed E-state index contributed by atoms with van der Waals surface area (Å²) in [5.74, 6) is -0.563. The molecule has 1 heterocycles. The van der Waals surface area contributed by atoms with E-state index in [1.54, 1.807) is 51.1 Å². The van der Waals surface area contributed by atoms with Gasteiger partial charge in [-0.3, -0.25) is 4.90 Å². The summed E-state index contributed by atoms with van der Waals surface area (Å²) < 4.78 is 10.8. The molecule has 7 nitrogen and oxygen atoms in total. The van der Waals surface area contributed by atoms with Gasteiger partial charge in [-0.15, -0.1) is 0 Å². The molecular formula is C18H22N2O5. The Kier molecular flexibility index (Phi) is 5.65. The number of rotatable bonds is 3. The molecule has 0 aliphatic carbocycles. The van der Waals surface area contributed by atoms with Gasteiger partial charge in [-0.2, -0.15) is 5.26 Å². The van der Waals surface area contributed by atoms with Crippen molar-refractivity contribution < 1.29 is 24.2 Å². The highest BCUT2D eigenvalue weighted by Gasteiger charge is 2.47. The molecule has 1 aliphatic heterocycles. The number of carbonyl (C=O) groups excluding carboxylic acids is 2. The van der Waals surface area contributed by atoms with E-state index >= 15 is 0 Å². The molecule has 0 spiro atoms. The number of hydrogen-bond donors (Lipinski definition) is 1. The van der Waals surface area contributed by atoms with Crippen LogP contribution in [0.1, 0.15) is 37.6 Å². The van der Waals surface area contributed by atoms with E-state index in [0.29, 0.717) is 5.56 Å². The summed E-state index contributed by atoms with van der Waals surface area (Å²) in [6, 6.07) is 8.76. The van der Waals surface area contributed by atoms with Gasteiger partial charge in [-0.05, 0) is 32.9 Å². The van der Waals surface area contributed by atoms with Gasteiger partial charge in [0.2, 0.25) is 0 Å². The van der Waals surface area contributed by atoms with Gasteiger partial charge >= 0.3 is 12.1 Å². The van der Waals surface area contributed by atoms with Gasteiger partial charge in [0, 0.05) is 6.42 Å². The van der Waals surface area contributed by atoms with Crippen molar-refractivity contribution in [3.8, 4) is 6.07 Å². The number of likely N-dealkylation sites (tertiary alicyclic amines) is 1. The van der Waals surface area contributed by atoms with Crippen molar-refractivity contribution in [3.05, 3.63) is 35.9 Å². The molecule has 25 heavy (non-hydrogen) atoms. The molecule has 1 fully saturated rings. The minimum absolute atomic E-state index is 0.125. The Morgan fingerprint density at radius 3 is 2.48 bits per heavy atom. The standard InChI is InChI=1S/C18H22N2O5/c1-18(2,3)25-17(23)20-13(10-19)9-15(14(20)11-21)24-16(22)12-7-5-4-6-8-12/h4-8,13-15,21H,9,11H2,1-3H3/t13-,14+,15-/m0/s1. The Morgan fingerprint density at radius 1 is 1.32 bits per heavy atom. The lowest BCUT2D eigenvalue weighted by molar-refractivity contribution is -0.00791. The highest BCUT2D eigenvalue weighted by Crippen LogP contribution is 2.29. The Morgan fingerprint density at radius 2 is 1.96 bits per heavy atom. The summed E-state index contributed by atoms with van der Waals surface area (Å²) in [6.45, 7) is 4.69. The first-order valence-corrected chi connectivity index (χ1v) is 8.04. The molecule has 0 aromatic heterocycles. The van der Waals surface area contributed by atoms with Crippen LogP contribution in [0.4, 0.5) is 4.79 Å². The molecule has 1 aromatic carbocycles. The van der Waals surface area contributed by atoms with E-state index < -0.39 is 42.5 Å². The maximum absolute atomic E-state index is 12.4. The molecule has 7 heteroatoms. The van der Waals surface area contributed by atoms with Crippen LogP contribution in [0.5, 0.6) is 0 Å². The average molecular weight is 346 g/mol. The fourth-order valence-corrected chi connectivity index (χ4v) is 2.71. The predicted octanol–water partition coefficient (Wildman–Crippen LogP) is 2.11. The van der Waals surface area contributed by atoms with Crippen LogP contribution in [-0.2, 0) is 9.47 Å². The van der Waals surface area contributed by atoms with E-state index in [4.69, 9.17) is 9.47 Å². The van der Waals surface area contributed by atoms with Crippen molar-refractivity contribution >= 4 is 12.1 Å². The molecule has 0 unspecified atom stereocenters. The summed E-state index contributed by atoms with van der Waals surface area (Å²) >= 11 is 0. The second-order valence-corrected chi connectivity index (χ2v) is 6.83. The Balaban J connectivity index is 2.16. The summed E-state index contributed by atoms with van der Waals surface area (Å²) in [6.07, 6.45) is -1.37. The molecule has 1 aliphatic rings. The fraction of sp³-hybridized carbons (Fsp3) is 0.500. The van der Waals surface area contributed by atoms with Gasteiger partial charge in [-0.1, -0.05) is 18.2 Å². The van der Waals surface area contributed by atoms with Gasteiger partial charge in [0.15, 0.2) is 0 Å². The SMILES string of the molecule is CC(C)(C)OC(=O)N1[C@H](C#N)C[C@H](OC(=O)c2ccccc2)[C@H]1CO. The summed E-state index contributed by atoms with van der Waals surface area (Å²) in [7, 11) is 0. The Hall–Kier alpha value is -2.59. The largest absolute Gasteiger partial charge is 0.456 e. The summed E-state index contributed by atoms with van der Waals surface area (Å²) in [5, 5.41) is 19.0. The molecule has 1 amide bonds. The molecule has 1 N–H and O–H groups in total. The third kappa shape index (κ3) is 4.48. The molecule has 1 aromatic rings. The van der Waals surface area contributed by atoms with Gasteiger partial charge < -0.3 is 14.6 Å². The number of nitriles is 1. The zero-order valence-corrected chi connectivity index (χ0v) is 14.5. The van der Waals surface area contributed by atoms with Gasteiger partial charge in [0.25, 0.3) is 0 Å². The third-order valence-corrected chi connectivity index (χ3v) is 3.79. The van der Waals surface area contributed by atoms with Crippen molar-refractivity contribution in [2.24, 2.45) is 0 Å². The molecule has 134 valence electrons. The number of nitrogens with zero attached hydrogens (tertiary/aromatic N) is 2. The van der Waals surface area contributed by atoms with Gasteiger partial charge in [-0.25, -0.2) is 9.59 Å². The van der Waals surface area contributed by atoms with Crippen molar-refractivity contribution in [1.29, 1.82) is 5.26 Å². The quantitative estimate of drug-likeness (QED) is 0.841. The molecule has 3 atom stereocenters. The average Bonchev–Trinajstić information content (AvgIpc) is 2.91. The predicted molar refractivity (Wildman–Crippen MR) is 88.6 cm³/mol. The van der Waals surface area contributed by atoms with E-state index in [2.05, 4.69) is 0 Å². The number of benzene rings is 1. The maximum Gasteiger partial charge on any atom is 0.411 e. The van der Waals surface area contributed by atoms with Crippen LogP contribution in [0.2, 0.25) is 0 Å². The minimum Gasteiger partial charge on any atom is -0.456 e. The molecule has 1 saturated heterocycles. The van der Waals surface area contributed by atoms with E-state index in [0.717, 1.165) is 4.90 Å². The molecule has 0 saturated carbocycles. The highest BCUT2D eigenvalue weighted by molar-refractivity contribution is 5.89. The summed E-state index contributed by atoms with van der Waals surface area (Å²) in [4.78, 5) is 25.8. The van der Waals surface area contributed by atoms with E-state index in [-0.39, 0.29) is 6.42 Å². The first-order chi connectivity index (χ1) is 11.8. The number of amides is 1. The van der Waals surface area contributed by atoms with Crippen LogP contribution >= 0.6 is 0 Å². The maximum atomic E-state index is 12.4. The second kappa shape index (κ2) is 7.53. The molecular weight excluding hydrogens is 324 g/mol. The van der Waals surface area contributed by atoms with E-state index in [9.17, 15) is 20.0 Å². The van der Waals surface area contributed by atoms with Crippen LogP contribution in [-0.4, -0.2) is 52.5 Å². The lowest BCUT2D eigenvalue weighted by Gasteiger charge is -2.30. The van der Waals surface area contributed by atoms with Crippen LogP contribution in [0, 0.1) is 11.3 Å². The van der Waals surface area contributed by atoms with Crippen LogP contribution in [0.15, 0.2) is 30.3 Å². The molecule has 2 rings (SSSR count). The highest BCUT2D eigenvalue weighted by atomic mass is 16.6. The van der Waals surface area contributed by atoms with Crippen LogP contribution in [0.3, 0.4) is 0 Å². The number of esters is 1. The van der Waals surface area contributed by atoms with Crippen molar-refractivity contribution in [3.63, 3.8) is 0 Å². The number of carbonyl (C=O) groups is 2. The molecule has 0 radical (unpaired) electrons. The zero-order chi connectivity index (χ0) is 18.6. The van der Waals surface area contributed by atoms with Gasteiger partial charge in [0.1, 0.15) is 17.7 Å². The summed E-state index contributed by atoms with van der Waals surface area (Å²) in [5.41, 5.74) is -0.376. The number of hydrogen-bond acceptors (Lipinski definition) is 6. The smallest absolute Gasteiger partial charge is 0.411 e. The van der Waals surface area contributed by atoms with Crippen LogP contribution in [0.25, 0.3) is 0 Å². The number of ether oxygens (including phenoxy) is 2. The van der Waals surface area contributed by atoms with Crippen LogP contribution < -0.4 is 0 Å². The van der Waals surface area contributed by atoms with Crippen molar-refractivity contribution in [1.82, 2.24) is 4.90 Å². The Labute approximate surface area is 146 Å². The van der Waals surface area contributed by atoms with Gasteiger partial charge in [0.05, 0.1) is 24.3 Å². The lowest BCUT2D eigenvalue weighted by Crippen LogP contribution is -2.47. The number of aliphatic hydroxyl groups excluding tert-OH is 1. The fourth-order valence-electron chi connectivity index (χ4n) is 2.71. The third-order valence-electron chi connectivity index (χ3n) is 3.79. The topological polar surface area (TPSA) is 99.9 Å². The Bertz CT molecular complexity index is 662. The van der Waals surface area contributed by atoms with Crippen molar-refractivity contribution in [2.75, 3.05) is 6.61 Å².